The summed E-state index contributed by atoms with van der Waals surface area (Å²) < 4.78 is 7.92. The molecule has 2 aromatic rings. The Hall–Kier alpha value is -1.99. The second kappa shape index (κ2) is 5.02. The number of rotatable bonds is 2. The Morgan fingerprint density at radius 1 is 1.44 bits per heavy atom. The van der Waals surface area contributed by atoms with Gasteiger partial charge >= 0.3 is 0 Å². The van der Waals surface area contributed by atoms with Gasteiger partial charge in [0.1, 0.15) is 0 Å². The van der Waals surface area contributed by atoms with Crippen LogP contribution in [0.25, 0.3) is 5.65 Å². The van der Waals surface area contributed by atoms with Crippen LogP contribution in [0.2, 0.25) is 0 Å². The minimum absolute atomic E-state index is 0.0740. The standard InChI is InChI=1S/C18H22N4O3/c1-10-5-11(2)22-16(19-10)6-14(20-22)17(24)21-7-13-12(8-23)15-3-4-18(13,9-21)25-15/h5-6,12-13,15,23H,3-4,7-9H2,1-2H3/t12-,13+,15+,18+/m1/s1. The molecule has 3 saturated heterocycles. The first-order valence-corrected chi connectivity index (χ1v) is 8.93. The highest BCUT2D eigenvalue weighted by atomic mass is 16.5. The third-order valence-electron chi connectivity index (χ3n) is 6.23. The molecule has 2 bridgehead atoms. The Balaban J connectivity index is 1.45. The zero-order valence-corrected chi connectivity index (χ0v) is 14.5. The van der Waals surface area contributed by atoms with E-state index in [1.165, 1.54) is 0 Å². The van der Waals surface area contributed by atoms with Crippen LogP contribution in [0.1, 0.15) is 34.7 Å². The number of ether oxygens (including phenoxy) is 1. The van der Waals surface area contributed by atoms with Crippen molar-refractivity contribution < 1.29 is 14.6 Å². The maximum Gasteiger partial charge on any atom is 0.274 e. The molecule has 3 aliphatic heterocycles. The number of aryl methyl sites for hydroxylation is 2. The Labute approximate surface area is 145 Å². The third-order valence-corrected chi connectivity index (χ3v) is 6.23. The topological polar surface area (TPSA) is 80.0 Å². The first kappa shape index (κ1) is 15.3. The van der Waals surface area contributed by atoms with Crippen LogP contribution < -0.4 is 0 Å². The predicted octanol–water partition coefficient (Wildman–Crippen LogP) is 0.958. The Kier molecular flexibility index (Phi) is 3.07. The summed E-state index contributed by atoms with van der Waals surface area (Å²) >= 11 is 0. The number of hydrogen-bond donors (Lipinski definition) is 1. The lowest BCUT2D eigenvalue weighted by Gasteiger charge is -2.27. The molecule has 3 fully saturated rings. The zero-order valence-electron chi connectivity index (χ0n) is 14.5. The molecule has 1 N–H and O–H groups in total. The summed E-state index contributed by atoms with van der Waals surface area (Å²) in [6, 6.07) is 3.71. The second-order valence-electron chi connectivity index (χ2n) is 7.74. The number of amides is 1. The van der Waals surface area contributed by atoms with Crippen LogP contribution in [-0.4, -0.2) is 61.9 Å². The molecule has 0 saturated carbocycles. The van der Waals surface area contributed by atoms with Crippen LogP contribution in [0.5, 0.6) is 0 Å². The van der Waals surface area contributed by atoms with E-state index in [1.807, 2.05) is 24.8 Å². The number of likely N-dealkylation sites (tertiary alicyclic amines) is 1. The Bertz CT molecular complexity index is 879. The number of aromatic nitrogens is 3. The summed E-state index contributed by atoms with van der Waals surface area (Å²) in [6.07, 6.45) is 2.13. The zero-order chi connectivity index (χ0) is 17.3. The molecule has 4 atom stereocenters. The number of nitrogens with zero attached hydrogens (tertiary/aromatic N) is 4. The molecule has 132 valence electrons. The van der Waals surface area contributed by atoms with Crippen LogP contribution >= 0.6 is 0 Å². The number of aliphatic hydroxyl groups is 1. The van der Waals surface area contributed by atoms with Crippen LogP contribution in [0.15, 0.2) is 12.1 Å². The molecule has 1 amide bonds. The van der Waals surface area contributed by atoms with Crippen molar-refractivity contribution in [2.45, 2.75) is 38.4 Å². The summed E-state index contributed by atoms with van der Waals surface area (Å²) in [4.78, 5) is 19.3. The molecule has 0 aliphatic carbocycles. The number of carbonyl (C=O) groups is 1. The normalized spacial score (nSPS) is 33.4. The molecule has 0 aromatic carbocycles. The highest BCUT2D eigenvalue weighted by Gasteiger charge is 2.63. The van der Waals surface area contributed by atoms with Gasteiger partial charge in [0.25, 0.3) is 5.91 Å². The van der Waals surface area contributed by atoms with Crippen LogP contribution in [0.3, 0.4) is 0 Å². The minimum Gasteiger partial charge on any atom is -0.396 e. The van der Waals surface area contributed by atoms with Crippen molar-refractivity contribution in [3.63, 3.8) is 0 Å². The summed E-state index contributed by atoms with van der Waals surface area (Å²) in [5.41, 5.74) is 2.74. The lowest BCUT2D eigenvalue weighted by Crippen LogP contribution is -2.38. The Morgan fingerprint density at radius 3 is 3.08 bits per heavy atom. The van der Waals surface area contributed by atoms with E-state index >= 15 is 0 Å². The molecule has 2 aromatic heterocycles. The van der Waals surface area contributed by atoms with E-state index < -0.39 is 0 Å². The predicted molar refractivity (Wildman–Crippen MR) is 89.3 cm³/mol. The molecule has 5 heterocycles. The number of hydrogen-bond acceptors (Lipinski definition) is 5. The maximum absolute atomic E-state index is 13.0. The van der Waals surface area contributed by atoms with E-state index in [-0.39, 0.29) is 36.1 Å². The molecule has 7 heteroatoms. The molecule has 7 nitrogen and oxygen atoms in total. The molecule has 0 unspecified atom stereocenters. The van der Waals surface area contributed by atoms with Crippen molar-refractivity contribution in [3.8, 4) is 0 Å². The molecule has 25 heavy (non-hydrogen) atoms. The lowest BCUT2D eigenvalue weighted by atomic mass is 9.74. The van der Waals surface area contributed by atoms with Gasteiger partial charge in [0.05, 0.1) is 18.2 Å². The van der Waals surface area contributed by atoms with Crippen molar-refractivity contribution in [2.75, 3.05) is 19.7 Å². The fourth-order valence-electron chi connectivity index (χ4n) is 5.14. The fourth-order valence-corrected chi connectivity index (χ4v) is 5.14. The van der Waals surface area contributed by atoms with E-state index in [0.717, 1.165) is 24.2 Å². The van der Waals surface area contributed by atoms with E-state index in [4.69, 9.17) is 4.74 Å². The van der Waals surface area contributed by atoms with E-state index in [1.54, 1.807) is 10.6 Å². The van der Waals surface area contributed by atoms with Gasteiger partial charge in [-0.05, 0) is 32.8 Å². The lowest BCUT2D eigenvalue weighted by molar-refractivity contribution is 0.00148. The van der Waals surface area contributed by atoms with E-state index in [0.29, 0.717) is 24.4 Å². The van der Waals surface area contributed by atoms with Gasteiger partial charge in [-0.25, -0.2) is 9.50 Å². The van der Waals surface area contributed by atoms with Gasteiger partial charge in [0.15, 0.2) is 11.3 Å². The van der Waals surface area contributed by atoms with Gasteiger partial charge in [-0.3, -0.25) is 4.79 Å². The van der Waals surface area contributed by atoms with Crippen molar-refractivity contribution in [2.24, 2.45) is 11.8 Å². The van der Waals surface area contributed by atoms with Crippen LogP contribution in [0, 0.1) is 25.7 Å². The molecule has 3 aliphatic rings. The highest BCUT2D eigenvalue weighted by molar-refractivity contribution is 5.93. The SMILES string of the molecule is Cc1cc(C)n2nc(C(=O)N3C[C@H]4[C@@H](CO)[C@@H]5CC[C@@]4(C3)O5)cc2n1. The van der Waals surface area contributed by atoms with Crippen molar-refractivity contribution in [3.05, 3.63) is 29.2 Å². The molecule has 0 radical (unpaired) electrons. The summed E-state index contributed by atoms with van der Waals surface area (Å²) in [7, 11) is 0. The number of aliphatic hydroxyl groups excluding tert-OH is 1. The Morgan fingerprint density at radius 2 is 2.28 bits per heavy atom. The molecular formula is C18H22N4O3. The minimum atomic E-state index is -0.252. The largest absolute Gasteiger partial charge is 0.396 e. The van der Waals surface area contributed by atoms with Crippen LogP contribution in [-0.2, 0) is 4.74 Å². The summed E-state index contributed by atoms with van der Waals surface area (Å²) in [5.74, 6) is 0.314. The maximum atomic E-state index is 13.0. The quantitative estimate of drug-likeness (QED) is 0.879. The van der Waals surface area contributed by atoms with Gasteiger partial charge in [-0.15, -0.1) is 0 Å². The summed E-state index contributed by atoms with van der Waals surface area (Å²) in [6.45, 7) is 5.27. The molecule has 1 spiro atoms. The third kappa shape index (κ3) is 2.02. The number of carbonyl (C=O) groups excluding carboxylic acids is 1. The van der Waals surface area contributed by atoms with Crippen molar-refractivity contribution in [1.82, 2.24) is 19.5 Å². The van der Waals surface area contributed by atoms with Gasteiger partial charge < -0.3 is 14.7 Å². The van der Waals surface area contributed by atoms with E-state index in [2.05, 4.69) is 10.1 Å². The average Bonchev–Trinajstić information content (AvgIpc) is 3.30. The first-order chi connectivity index (χ1) is 12.0. The van der Waals surface area contributed by atoms with Gasteiger partial charge in [0.2, 0.25) is 0 Å². The monoisotopic (exact) mass is 342 g/mol. The van der Waals surface area contributed by atoms with E-state index in [9.17, 15) is 9.90 Å². The molecular weight excluding hydrogens is 320 g/mol. The second-order valence-corrected chi connectivity index (χ2v) is 7.74. The van der Waals surface area contributed by atoms with Gasteiger partial charge in [0, 0.05) is 42.4 Å². The first-order valence-electron chi connectivity index (χ1n) is 8.93. The highest BCUT2D eigenvalue weighted by Crippen LogP contribution is 2.54. The average molecular weight is 342 g/mol. The smallest absolute Gasteiger partial charge is 0.274 e. The van der Waals surface area contributed by atoms with Crippen LogP contribution in [0.4, 0.5) is 0 Å². The van der Waals surface area contributed by atoms with Crippen molar-refractivity contribution >= 4 is 11.6 Å². The summed E-state index contributed by atoms with van der Waals surface area (Å²) in [5, 5.41) is 14.2. The fraction of sp³-hybridized carbons (Fsp3) is 0.611. The van der Waals surface area contributed by atoms with Gasteiger partial charge in [-0.2, -0.15) is 5.10 Å². The molecule has 5 rings (SSSR count). The van der Waals surface area contributed by atoms with Gasteiger partial charge in [-0.1, -0.05) is 0 Å². The number of fused-ring (bicyclic) bond motifs is 2. The van der Waals surface area contributed by atoms with Crippen molar-refractivity contribution in [1.29, 1.82) is 0 Å².